The molecule has 2 nitrogen and oxygen atoms in total. The van der Waals surface area contributed by atoms with Crippen LogP contribution in [0.15, 0.2) is 29.2 Å². The lowest BCUT2D eigenvalue weighted by Crippen LogP contribution is -2.51. The molecule has 1 aromatic carbocycles. The Morgan fingerprint density at radius 2 is 1.93 bits per heavy atom. The number of thioether (sulfide) groups is 1. The normalized spacial score (nSPS) is 16.5. The Balaban J connectivity index is 1.91. The average Bonchev–Trinajstić information content (AvgIpc) is 2.13. The van der Waals surface area contributed by atoms with Crippen molar-refractivity contribution in [1.29, 1.82) is 0 Å². The predicted molar refractivity (Wildman–Crippen MR) is 58.6 cm³/mol. The van der Waals surface area contributed by atoms with Crippen molar-refractivity contribution < 1.29 is 8.78 Å². The van der Waals surface area contributed by atoms with E-state index in [0.717, 1.165) is 18.8 Å². The van der Waals surface area contributed by atoms with Crippen LogP contribution in [0.3, 0.4) is 0 Å². The molecule has 2 rings (SSSR count). The number of alkyl halides is 2. The van der Waals surface area contributed by atoms with Gasteiger partial charge < -0.3 is 10.6 Å². The third-order valence-corrected chi connectivity index (χ3v) is 2.95. The maximum atomic E-state index is 12.0. The van der Waals surface area contributed by atoms with Crippen LogP contribution in [0.2, 0.25) is 0 Å². The number of halogens is 2. The molecule has 0 atom stereocenters. The second-order valence-electron chi connectivity index (χ2n) is 3.40. The van der Waals surface area contributed by atoms with Crippen LogP contribution in [0.4, 0.5) is 14.5 Å². The molecule has 2 N–H and O–H groups in total. The van der Waals surface area contributed by atoms with E-state index >= 15 is 0 Å². The summed E-state index contributed by atoms with van der Waals surface area (Å²) in [6.07, 6.45) is 0. The smallest absolute Gasteiger partial charge is 0.288 e. The van der Waals surface area contributed by atoms with Crippen LogP contribution < -0.4 is 10.6 Å². The van der Waals surface area contributed by atoms with E-state index < -0.39 is 5.76 Å². The Kier molecular flexibility index (Phi) is 3.43. The van der Waals surface area contributed by atoms with E-state index in [0.29, 0.717) is 22.7 Å². The highest BCUT2D eigenvalue weighted by molar-refractivity contribution is 7.99. The van der Waals surface area contributed by atoms with Gasteiger partial charge in [-0.3, -0.25) is 0 Å². The molecule has 1 heterocycles. The monoisotopic (exact) mass is 230 g/mol. The highest BCUT2D eigenvalue weighted by Crippen LogP contribution is 2.26. The van der Waals surface area contributed by atoms with Gasteiger partial charge in [0.1, 0.15) is 0 Å². The minimum atomic E-state index is -2.35. The summed E-state index contributed by atoms with van der Waals surface area (Å²) in [6.45, 7) is 1.93. The molecule has 0 saturated carbocycles. The maximum Gasteiger partial charge on any atom is 0.288 e. The average molecular weight is 230 g/mol. The molecule has 1 fully saturated rings. The van der Waals surface area contributed by atoms with Crippen molar-refractivity contribution >= 4 is 17.4 Å². The summed E-state index contributed by atoms with van der Waals surface area (Å²) in [5, 5.41) is 6.45. The lowest BCUT2D eigenvalue weighted by atomic mass is 10.1. The molecule has 0 spiro atoms. The van der Waals surface area contributed by atoms with Crippen molar-refractivity contribution in [3.8, 4) is 0 Å². The van der Waals surface area contributed by atoms with Crippen LogP contribution in [0.25, 0.3) is 0 Å². The van der Waals surface area contributed by atoms with E-state index in [2.05, 4.69) is 10.6 Å². The minimum absolute atomic E-state index is 0.471. The number of hydrogen-bond donors (Lipinski definition) is 2. The number of rotatable bonds is 4. The zero-order chi connectivity index (χ0) is 10.7. The van der Waals surface area contributed by atoms with Gasteiger partial charge in [0.15, 0.2) is 0 Å². The number of anilines is 1. The van der Waals surface area contributed by atoms with Crippen LogP contribution in [0.1, 0.15) is 0 Å². The van der Waals surface area contributed by atoms with Crippen molar-refractivity contribution in [3.05, 3.63) is 24.3 Å². The molecule has 0 aliphatic carbocycles. The third kappa shape index (κ3) is 3.07. The Morgan fingerprint density at radius 1 is 1.27 bits per heavy atom. The van der Waals surface area contributed by atoms with Gasteiger partial charge in [0, 0.05) is 23.7 Å². The molecule has 82 valence electrons. The Labute approximate surface area is 91.4 Å². The molecule has 0 bridgehead atoms. The summed E-state index contributed by atoms with van der Waals surface area (Å²) >= 11 is 0.572. The highest BCUT2D eigenvalue weighted by Gasteiger charge is 2.15. The molecule has 1 saturated heterocycles. The van der Waals surface area contributed by atoms with Crippen molar-refractivity contribution in [1.82, 2.24) is 5.32 Å². The third-order valence-electron chi connectivity index (χ3n) is 2.23. The van der Waals surface area contributed by atoms with Gasteiger partial charge in [0.2, 0.25) is 0 Å². The molecule has 1 aromatic rings. The first-order valence-corrected chi connectivity index (χ1v) is 5.64. The van der Waals surface area contributed by atoms with E-state index in [-0.39, 0.29) is 0 Å². The SMILES string of the molecule is FC(F)Sc1ccc(NC2CNC2)cc1. The Morgan fingerprint density at radius 3 is 2.40 bits per heavy atom. The summed E-state index contributed by atoms with van der Waals surface area (Å²) < 4.78 is 24.1. The van der Waals surface area contributed by atoms with Crippen LogP contribution in [-0.4, -0.2) is 24.9 Å². The quantitative estimate of drug-likeness (QED) is 0.777. The molecule has 0 amide bonds. The van der Waals surface area contributed by atoms with Crippen LogP contribution >= 0.6 is 11.8 Å². The molecule has 0 aromatic heterocycles. The fraction of sp³-hybridized carbons (Fsp3) is 0.400. The summed E-state index contributed by atoms with van der Waals surface area (Å²) in [6, 6.07) is 7.57. The van der Waals surface area contributed by atoms with Crippen LogP contribution in [0, 0.1) is 0 Å². The van der Waals surface area contributed by atoms with Crippen molar-refractivity contribution in [2.45, 2.75) is 16.7 Å². The van der Waals surface area contributed by atoms with Gasteiger partial charge in [-0.25, -0.2) is 0 Å². The molecule has 5 heteroatoms. The van der Waals surface area contributed by atoms with Gasteiger partial charge in [-0.2, -0.15) is 8.78 Å². The lowest BCUT2D eigenvalue weighted by molar-refractivity contribution is 0.252. The second-order valence-corrected chi connectivity index (χ2v) is 4.47. The van der Waals surface area contributed by atoms with Crippen LogP contribution in [-0.2, 0) is 0 Å². The molecular formula is C10H12F2N2S. The Hall–Kier alpha value is -0.810. The molecule has 15 heavy (non-hydrogen) atoms. The van der Waals surface area contributed by atoms with E-state index in [1.807, 2.05) is 12.1 Å². The molecule has 0 radical (unpaired) electrons. The summed E-state index contributed by atoms with van der Waals surface area (Å²) in [4.78, 5) is 0.599. The van der Waals surface area contributed by atoms with Gasteiger partial charge in [-0.05, 0) is 24.3 Å². The second kappa shape index (κ2) is 4.81. The van der Waals surface area contributed by atoms with Gasteiger partial charge in [-0.15, -0.1) is 0 Å². The first kappa shape index (κ1) is 10.7. The molecule has 1 aliphatic heterocycles. The van der Waals surface area contributed by atoms with E-state index in [4.69, 9.17) is 0 Å². The standard InChI is InChI=1S/C10H12F2N2S/c11-10(12)15-9-3-1-7(2-4-9)14-8-5-13-6-8/h1-4,8,10,13-14H,5-6H2. The van der Waals surface area contributed by atoms with E-state index in [1.54, 1.807) is 12.1 Å². The largest absolute Gasteiger partial charge is 0.380 e. The summed E-state index contributed by atoms with van der Waals surface area (Å²) in [5.74, 6) is -2.35. The van der Waals surface area contributed by atoms with Gasteiger partial charge in [0.25, 0.3) is 5.76 Å². The number of nitrogens with one attached hydrogen (secondary N) is 2. The minimum Gasteiger partial charge on any atom is -0.380 e. The fourth-order valence-electron chi connectivity index (χ4n) is 1.36. The van der Waals surface area contributed by atoms with Crippen molar-refractivity contribution in [3.63, 3.8) is 0 Å². The first-order valence-electron chi connectivity index (χ1n) is 4.76. The zero-order valence-electron chi connectivity index (χ0n) is 8.04. The summed E-state index contributed by atoms with van der Waals surface area (Å²) in [5.41, 5.74) is 0.986. The van der Waals surface area contributed by atoms with Gasteiger partial charge in [-0.1, -0.05) is 11.8 Å². The lowest BCUT2D eigenvalue weighted by Gasteiger charge is -2.29. The molecule has 0 unspecified atom stereocenters. The summed E-state index contributed by atoms with van der Waals surface area (Å²) in [7, 11) is 0. The first-order chi connectivity index (χ1) is 7.24. The number of hydrogen-bond acceptors (Lipinski definition) is 3. The van der Waals surface area contributed by atoms with Crippen molar-refractivity contribution in [2.24, 2.45) is 0 Å². The van der Waals surface area contributed by atoms with Gasteiger partial charge >= 0.3 is 0 Å². The topological polar surface area (TPSA) is 24.1 Å². The highest BCUT2D eigenvalue weighted by atomic mass is 32.2. The Bertz CT molecular complexity index is 312. The zero-order valence-corrected chi connectivity index (χ0v) is 8.86. The predicted octanol–water partition coefficient (Wildman–Crippen LogP) is 2.38. The van der Waals surface area contributed by atoms with Gasteiger partial charge in [0.05, 0.1) is 6.04 Å². The van der Waals surface area contributed by atoms with Crippen molar-refractivity contribution in [2.75, 3.05) is 18.4 Å². The van der Waals surface area contributed by atoms with E-state index in [1.165, 1.54) is 0 Å². The van der Waals surface area contributed by atoms with Crippen LogP contribution in [0.5, 0.6) is 0 Å². The number of benzene rings is 1. The molecule has 1 aliphatic rings. The molecular weight excluding hydrogens is 218 g/mol. The van der Waals surface area contributed by atoms with E-state index in [9.17, 15) is 8.78 Å². The fourth-order valence-corrected chi connectivity index (χ4v) is 1.86. The maximum absolute atomic E-state index is 12.0.